The molecule has 4 nitrogen and oxygen atoms in total. The van der Waals surface area contributed by atoms with Crippen LogP contribution in [-0.2, 0) is 7.05 Å². The largest absolute Gasteiger partial charge is 0.316 e. The highest BCUT2D eigenvalue weighted by atomic mass is 35.5. The molecule has 19 heavy (non-hydrogen) atoms. The van der Waals surface area contributed by atoms with Crippen LogP contribution >= 0.6 is 12.4 Å². The highest BCUT2D eigenvalue weighted by molar-refractivity contribution is 5.85. The van der Waals surface area contributed by atoms with Gasteiger partial charge in [0, 0.05) is 38.8 Å². The van der Waals surface area contributed by atoms with E-state index in [1.807, 2.05) is 17.9 Å². The van der Waals surface area contributed by atoms with E-state index in [0.29, 0.717) is 11.3 Å². The van der Waals surface area contributed by atoms with E-state index in [4.69, 9.17) is 0 Å². The molecule has 2 aliphatic heterocycles. The lowest BCUT2D eigenvalue weighted by Gasteiger charge is -2.29. The van der Waals surface area contributed by atoms with Crippen molar-refractivity contribution in [2.45, 2.75) is 25.7 Å². The quantitative estimate of drug-likeness (QED) is 0.916. The average Bonchev–Trinajstić information content (AvgIpc) is 3.01. The molecule has 3 heterocycles. The Balaban J connectivity index is 0.00000133. The molecule has 0 amide bonds. The Bertz CT molecular complexity index is 411. The van der Waals surface area contributed by atoms with Crippen molar-refractivity contribution in [3.8, 4) is 0 Å². The number of hydrogen-bond acceptors (Lipinski definition) is 3. The van der Waals surface area contributed by atoms with Gasteiger partial charge in [-0.3, -0.25) is 4.68 Å². The van der Waals surface area contributed by atoms with E-state index in [2.05, 4.69) is 28.4 Å². The van der Waals surface area contributed by atoms with Crippen molar-refractivity contribution in [1.29, 1.82) is 0 Å². The third kappa shape index (κ3) is 3.30. The number of halogens is 1. The van der Waals surface area contributed by atoms with Crippen molar-refractivity contribution in [2.24, 2.45) is 12.5 Å². The second-order valence-corrected chi connectivity index (χ2v) is 6.41. The molecule has 0 aromatic carbocycles. The Morgan fingerprint density at radius 3 is 3.00 bits per heavy atom. The molecule has 0 bridgehead atoms. The Morgan fingerprint density at radius 2 is 2.37 bits per heavy atom. The molecular formula is C14H25ClN4. The van der Waals surface area contributed by atoms with E-state index < -0.39 is 0 Å². The molecule has 1 aromatic heterocycles. The van der Waals surface area contributed by atoms with Crippen LogP contribution < -0.4 is 5.32 Å². The van der Waals surface area contributed by atoms with Gasteiger partial charge in [-0.05, 0) is 36.9 Å². The first-order chi connectivity index (χ1) is 8.65. The normalized spacial score (nSPS) is 31.6. The fourth-order valence-corrected chi connectivity index (χ4v) is 3.44. The Kier molecular flexibility index (Phi) is 4.54. The molecular weight excluding hydrogens is 260 g/mol. The third-order valence-corrected chi connectivity index (χ3v) is 4.53. The van der Waals surface area contributed by atoms with Gasteiger partial charge in [-0.15, -0.1) is 12.4 Å². The van der Waals surface area contributed by atoms with Crippen LogP contribution in [0.2, 0.25) is 0 Å². The summed E-state index contributed by atoms with van der Waals surface area (Å²) in [4.78, 5) is 2.64. The molecule has 2 atom stereocenters. The zero-order valence-electron chi connectivity index (χ0n) is 11.9. The maximum Gasteiger partial charge on any atom is 0.0524 e. The molecule has 1 N–H and O–H groups in total. The summed E-state index contributed by atoms with van der Waals surface area (Å²) >= 11 is 0. The van der Waals surface area contributed by atoms with Gasteiger partial charge in [0.2, 0.25) is 0 Å². The molecule has 2 aliphatic rings. The first-order valence-electron chi connectivity index (χ1n) is 7.06. The van der Waals surface area contributed by atoms with Gasteiger partial charge in [0.25, 0.3) is 0 Å². The van der Waals surface area contributed by atoms with Gasteiger partial charge in [-0.1, -0.05) is 6.92 Å². The summed E-state index contributed by atoms with van der Waals surface area (Å²) in [5.41, 5.74) is 1.90. The van der Waals surface area contributed by atoms with E-state index in [1.54, 1.807) is 0 Å². The molecule has 1 aromatic rings. The fraction of sp³-hybridized carbons (Fsp3) is 0.786. The summed E-state index contributed by atoms with van der Waals surface area (Å²) < 4.78 is 1.92. The van der Waals surface area contributed by atoms with Gasteiger partial charge >= 0.3 is 0 Å². The van der Waals surface area contributed by atoms with Crippen molar-refractivity contribution in [2.75, 3.05) is 32.7 Å². The lowest BCUT2D eigenvalue weighted by molar-refractivity contribution is 0.207. The third-order valence-electron chi connectivity index (χ3n) is 4.53. The standard InChI is InChI=1S/C14H24N4.ClH/c1-14(4-5-15-10-14)11-18-6-3-12(9-18)13-7-16-17(2)8-13;/h7-8,12,15H,3-6,9-11H2,1-2H3;1H. The lowest BCUT2D eigenvalue weighted by atomic mass is 9.89. The lowest BCUT2D eigenvalue weighted by Crippen LogP contribution is -2.36. The molecule has 2 saturated heterocycles. The van der Waals surface area contributed by atoms with Crippen molar-refractivity contribution in [3.63, 3.8) is 0 Å². The summed E-state index contributed by atoms with van der Waals surface area (Å²) in [5.74, 6) is 0.691. The number of nitrogens with one attached hydrogen (secondary N) is 1. The van der Waals surface area contributed by atoms with E-state index >= 15 is 0 Å². The first kappa shape index (κ1) is 14.8. The van der Waals surface area contributed by atoms with Crippen LogP contribution in [0.5, 0.6) is 0 Å². The zero-order valence-corrected chi connectivity index (χ0v) is 12.7. The van der Waals surface area contributed by atoms with Crippen LogP contribution in [-0.4, -0.2) is 47.4 Å². The minimum Gasteiger partial charge on any atom is -0.316 e. The second-order valence-electron chi connectivity index (χ2n) is 6.41. The highest BCUT2D eigenvalue weighted by Crippen LogP contribution is 2.31. The molecule has 0 saturated carbocycles. The first-order valence-corrected chi connectivity index (χ1v) is 7.06. The van der Waals surface area contributed by atoms with Gasteiger partial charge in [0.15, 0.2) is 0 Å². The summed E-state index contributed by atoms with van der Waals surface area (Å²) in [6.07, 6.45) is 6.82. The predicted molar refractivity (Wildman–Crippen MR) is 79.8 cm³/mol. The summed E-state index contributed by atoms with van der Waals surface area (Å²) in [5, 5.41) is 7.78. The van der Waals surface area contributed by atoms with E-state index in [9.17, 15) is 0 Å². The minimum absolute atomic E-state index is 0. The highest BCUT2D eigenvalue weighted by Gasteiger charge is 2.33. The Morgan fingerprint density at radius 1 is 1.53 bits per heavy atom. The monoisotopic (exact) mass is 284 g/mol. The smallest absolute Gasteiger partial charge is 0.0524 e. The number of nitrogens with zero attached hydrogens (tertiary/aromatic N) is 3. The van der Waals surface area contributed by atoms with Crippen LogP contribution in [0.15, 0.2) is 12.4 Å². The second kappa shape index (κ2) is 5.81. The fourth-order valence-electron chi connectivity index (χ4n) is 3.44. The van der Waals surface area contributed by atoms with E-state index in [0.717, 1.165) is 0 Å². The van der Waals surface area contributed by atoms with E-state index in [1.165, 1.54) is 51.1 Å². The SMILES string of the molecule is Cl.Cn1cc(C2CCN(CC3(C)CCNC3)C2)cn1. The minimum atomic E-state index is 0. The van der Waals surface area contributed by atoms with Crippen molar-refractivity contribution < 1.29 is 0 Å². The average molecular weight is 285 g/mol. The molecule has 108 valence electrons. The molecule has 0 aliphatic carbocycles. The number of hydrogen-bond donors (Lipinski definition) is 1. The van der Waals surface area contributed by atoms with Crippen LogP contribution in [0.4, 0.5) is 0 Å². The van der Waals surface area contributed by atoms with Crippen LogP contribution in [0.25, 0.3) is 0 Å². The van der Waals surface area contributed by atoms with Crippen LogP contribution in [0.1, 0.15) is 31.2 Å². The maximum atomic E-state index is 4.29. The molecule has 3 rings (SSSR count). The number of aryl methyl sites for hydroxylation is 1. The molecule has 5 heteroatoms. The van der Waals surface area contributed by atoms with Crippen molar-refractivity contribution >= 4 is 12.4 Å². The number of aromatic nitrogens is 2. The van der Waals surface area contributed by atoms with Crippen LogP contribution in [0.3, 0.4) is 0 Å². The van der Waals surface area contributed by atoms with Crippen LogP contribution in [0, 0.1) is 5.41 Å². The Labute approximate surface area is 122 Å². The maximum absolute atomic E-state index is 4.29. The van der Waals surface area contributed by atoms with Crippen molar-refractivity contribution in [3.05, 3.63) is 18.0 Å². The van der Waals surface area contributed by atoms with Gasteiger partial charge < -0.3 is 10.2 Å². The van der Waals surface area contributed by atoms with E-state index in [-0.39, 0.29) is 12.4 Å². The molecule has 0 spiro atoms. The number of likely N-dealkylation sites (tertiary alicyclic amines) is 1. The molecule has 2 fully saturated rings. The predicted octanol–water partition coefficient (Wildman–Crippen LogP) is 1.63. The van der Waals surface area contributed by atoms with Gasteiger partial charge in [0.05, 0.1) is 6.20 Å². The van der Waals surface area contributed by atoms with Crippen molar-refractivity contribution in [1.82, 2.24) is 20.0 Å². The summed E-state index contributed by atoms with van der Waals surface area (Å²) in [7, 11) is 2.00. The zero-order chi connectivity index (χ0) is 12.6. The number of rotatable bonds is 3. The molecule has 0 radical (unpaired) electrons. The van der Waals surface area contributed by atoms with Gasteiger partial charge in [-0.2, -0.15) is 5.10 Å². The topological polar surface area (TPSA) is 33.1 Å². The van der Waals surface area contributed by atoms with Gasteiger partial charge in [0.1, 0.15) is 0 Å². The summed E-state index contributed by atoms with van der Waals surface area (Å²) in [6, 6.07) is 0. The van der Waals surface area contributed by atoms with Gasteiger partial charge in [-0.25, -0.2) is 0 Å². The Hall–Kier alpha value is -0.580. The summed E-state index contributed by atoms with van der Waals surface area (Å²) in [6.45, 7) is 8.50. The molecule has 2 unspecified atom stereocenters.